The highest BCUT2D eigenvalue weighted by molar-refractivity contribution is 6.06. The van der Waals surface area contributed by atoms with Gasteiger partial charge in [-0.15, -0.1) is 0 Å². The van der Waals surface area contributed by atoms with Crippen molar-refractivity contribution >= 4 is 11.8 Å². The fourth-order valence-corrected chi connectivity index (χ4v) is 0.923. The number of aliphatic carboxylic acids is 1. The third kappa shape index (κ3) is 2.67. The number of rotatable bonds is 5. The average molecular weight is 226 g/mol. The third-order valence-electron chi connectivity index (χ3n) is 1.79. The number of carboxylic acids is 1. The molecule has 86 valence electrons. The van der Waals surface area contributed by atoms with Crippen molar-refractivity contribution in [2.24, 2.45) is 0 Å². The second kappa shape index (κ2) is 5.08. The van der Waals surface area contributed by atoms with Crippen LogP contribution in [0.25, 0.3) is 0 Å². The van der Waals surface area contributed by atoms with Crippen LogP contribution in [0.1, 0.15) is 10.5 Å². The Kier molecular flexibility index (Phi) is 3.78. The summed E-state index contributed by atoms with van der Waals surface area (Å²) in [6, 6.07) is 1.34. The number of carbonyl (C=O) groups is 2. The average Bonchev–Trinajstić information content (AvgIpc) is 2.77. The fourth-order valence-electron chi connectivity index (χ4n) is 0.923. The van der Waals surface area contributed by atoms with Gasteiger partial charge >= 0.3 is 5.97 Å². The molecule has 1 N–H and O–H groups in total. The summed E-state index contributed by atoms with van der Waals surface area (Å²) in [6.07, 6.45) is 2.13. The van der Waals surface area contributed by atoms with Crippen LogP contribution in [0, 0.1) is 0 Å². The Labute approximate surface area is 90.8 Å². The number of likely N-dealkylation sites (N-methyl/N-ethyl adjacent to an activating group) is 1. The first-order valence-electron chi connectivity index (χ1n) is 4.23. The number of carboxylic acid groups (broad SMARTS) is 1. The van der Waals surface area contributed by atoms with Crippen LogP contribution in [0.2, 0.25) is 0 Å². The topological polar surface area (TPSA) is 92.9 Å². The van der Waals surface area contributed by atoms with Gasteiger partial charge in [-0.05, 0) is 0 Å². The molecule has 0 fully saturated rings. The predicted molar refractivity (Wildman–Crippen MR) is 51.3 cm³/mol. The number of ketones is 1. The molecule has 0 amide bonds. The number of nitrogens with zero attached hydrogens (tertiary/aromatic N) is 2. The van der Waals surface area contributed by atoms with Crippen LogP contribution in [-0.4, -0.2) is 41.2 Å². The lowest BCUT2D eigenvalue weighted by molar-refractivity contribution is -0.144. The molecule has 0 spiro atoms. The lowest BCUT2D eigenvalue weighted by atomic mass is 10.2. The Hall–Kier alpha value is -2.15. The highest BCUT2D eigenvalue weighted by atomic mass is 16.7. The lowest BCUT2D eigenvalue weighted by Gasteiger charge is -2.15. The number of carbonyl (C=O) groups excluding carboxylic acids is 1. The van der Waals surface area contributed by atoms with Gasteiger partial charge in [0, 0.05) is 19.2 Å². The van der Waals surface area contributed by atoms with Crippen molar-refractivity contribution in [3.8, 4) is 0 Å². The molecule has 0 bridgehead atoms. The van der Waals surface area contributed by atoms with Gasteiger partial charge in [0.15, 0.2) is 11.4 Å². The Morgan fingerprint density at radius 3 is 2.75 bits per heavy atom. The number of hydrogen-bond donors (Lipinski definition) is 1. The van der Waals surface area contributed by atoms with E-state index in [9.17, 15) is 9.59 Å². The van der Waals surface area contributed by atoms with Crippen LogP contribution in [0.4, 0.5) is 0 Å². The summed E-state index contributed by atoms with van der Waals surface area (Å²) in [7, 11) is 2.66. The van der Waals surface area contributed by atoms with Gasteiger partial charge < -0.3 is 9.63 Å². The quantitative estimate of drug-likeness (QED) is 0.439. The number of hydrogen-bond acceptors (Lipinski definition) is 6. The molecule has 1 aromatic heterocycles. The summed E-state index contributed by atoms with van der Waals surface area (Å²) >= 11 is 0. The van der Waals surface area contributed by atoms with Crippen LogP contribution in [-0.2, 0) is 9.63 Å². The molecule has 0 aliphatic carbocycles. The molecule has 1 rings (SSSR count). The normalized spacial score (nSPS) is 11.2. The van der Waals surface area contributed by atoms with Crippen molar-refractivity contribution in [3.63, 3.8) is 0 Å². The Bertz CT molecular complexity index is 410. The van der Waals surface area contributed by atoms with Crippen LogP contribution in [0.3, 0.4) is 0 Å². The van der Waals surface area contributed by atoms with Crippen LogP contribution in [0.5, 0.6) is 0 Å². The number of allylic oxidation sites excluding steroid dienone is 1. The van der Waals surface area contributed by atoms with Gasteiger partial charge in [-0.25, -0.2) is 4.79 Å². The van der Waals surface area contributed by atoms with Crippen molar-refractivity contribution in [2.45, 2.75) is 0 Å². The van der Waals surface area contributed by atoms with E-state index in [0.29, 0.717) is 0 Å². The first-order chi connectivity index (χ1) is 7.56. The number of hydroxylamine groups is 2. The molecule has 7 nitrogen and oxygen atoms in total. The van der Waals surface area contributed by atoms with E-state index in [-0.39, 0.29) is 11.4 Å². The van der Waals surface area contributed by atoms with Crippen molar-refractivity contribution in [2.75, 3.05) is 14.2 Å². The van der Waals surface area contributed by atoms with E-state index in [1.54, 1.807) is 0 Å². The maximum Gasteiger partial charge on any atom is 0.354 e. The largest absolute Gasteiger partial charge is 0.477 e. The van der Waals surface area contributed by atoms with Crippen molar-refractivity contribution < 1.29 is 24.1 Å². The Morgan fingerprint density at radius 1 is 1.62 bits per heavy atom. The summed E-state index contributed by atoms with van der Waals surface area (Å²) < 4.78 is 4.47. The van der Waals surface area contributed by atoms with Gasteiger partial charge in [0.2, 0.25) is 5.78 Å². The van der Waals surface area contributed by atoms with E-state index in [0.717, 1.165) is 11.1 Å². The summed E-state index contributed by atoms with van der Waals surface area (Å²) in [5, 5.41) is 13.2. The Balaban J connectivity index is 2.95. The van der Waals surface area contributed by atoms with Gasteiger partial charge in [-0.2, -0.15) is 0 Å². The molecule has 0 aliphatic rings. The first-order valence-corrected chi connectivity index (χ1v) is 4.23. The molecular weight excluding hydrogens is 216 g/mol. The predicted octanol–water partition coefficient (Wildman–Crippen LogP) is 0.319. The molecular formula is C9H10N2O5. The van der Waals surface area contributed by atoms with E-state index in [1.165, 1.54) is 26.5 Å². The monoisotopic (exact) mass is 226 g/mol. The van der Waals surface area contributed by atoms with Gasteiger partial charge in [-0.1, -0.05) is 5.16 Å². The van der Waals surface area contributed by atoms with Crippen molar-refractivity contribution in [1.29, 1.82) is 0 Å². The third-order valence-corrected chi connectivity index (χ3v) is 1.79. The van der Waals surface area contributed by atoms with E-state index >= 15 is 0 Å². The summed E-state index contributed by atoms with van der Waals surface area (Å²) in [5.41, 5.74) is -0.265. The molecule has 0 radical (unpaired) electrons. The lowest BCUT2D eigenvalue weighted by Crippen LogP contribution is -2.23. The van der Waals surface area contributed by atoms with Gasteiger partial charge in [0.05, 0.1) is 7.11 Å². The Morgan fingerprint density at radius 2 is 2.31 bits per heavy atom. The first kappa shape index (κ1) is 11.9. The zero-order valence-corrected chi connectivity index (χ0v) is 8.71. The van der Waals surface area contributed by atoms with E-state index < -0.39 is 11.8 Å². The zero-order chi connectivity index (χ0) is 12.1. The van der Waals surface area contributed by atoms with Crippen molar-refractivity contribution in [1.82, 2.24) is 10.2 Å². The maximum absolute atomic E-state index is 11.5. The summed E-state index contributed by atoms with van der Waals surface area (Å²) in [6.45, 7) is 0. The molecule has 7 heteroatoms. The molecule has 16 heavy (non-hydrogen) atoms. The minimum atomic E-state index is -1.28. The highest BCUT2D eigenvalue weighted by Crippen LogP contribution is 2.05. The smallest absolute Gasteiger partial charge is 0.354 e. The van der Waals surface area contributed by atoms with Crippen molar-refractivity contribution in [3.05, 3.63) is 29.8 Å². The molecule has 1 aromatic rings. The molecule has 0 saturated carbocycles. The summed E-state index contributed by atoms with van der Waals surface area (Å²) in [4.78, 5) is 27.0. The molecule has 0 atom stereocenters. The molecule has 0 aromatic carbocycles. The molecule has 1 heterocycles. The van der Waals surface area contributed by atoms with Gasteiger partial charge in [0.25, 0.3) is 0 Å². The second-order valence-corrected chi connectivity index (χ2v) is 2.76. The second-order valence-electron chi connectivity index (χ2n) is 2.76. The maximum atomic E-state index is 11.5. The van der Waals surface area contributed by atoms with E-state index in [1.807, 2.05) is 0 Å². The van der Waals surface area contributed by atoms with Crippen LogP contribution < -0.4 is 0 Å². The number of aromatic nitrogens is 1. The van der Waals surface area contributed by atoms with Crippen LogP contribution >= 0.6 is 0 Å². The standard InChI is InChI=1S/C9H10N2O5/c1-11(15-2)7(9(13)14)5-8(12)6-3-4-16-10-6/h3-5H,1-2H3,(H,13,14)/b7-5-. The van der Waals surface area contributed by atoms with Crippen LogP contribution in [0.15, 0.2) is 28.6 Å². The van der Waals surface area contributed by atoms with E-state index in [2.05, 4.69) is 14.5 Å². The molecule has 0 saturated heterocycles. The fraction of sp³-hybridized carbons (Fsp3) is 0.222. The highest BCUT2D eigenvalue weighted by Gasteiger charge is 2.16. The van der Waals surface area contributed by atoms with E-state index in [4.69, 9.17) is 5.11 Å². The zero-order valence-electron chi connectivity index (χ0n) is 8.71. The SMILES string of the molecule is CON(C)/C(=C\C(=O)c1ccon1)C(=O)O. The van der Waals surface area contributed by atoms with Gasteiger partial charge in [-0.3, -0.25) is 14.7 Å². The molecule has 0 aliphatic heterocycles. The summed E-state index contributed by atoms with van der Waals surface area (Å²) in [5.74, 6) is -1.85. The van der Waals surface area contributed by atoms with Gasteiger partial charge in [0.1, 0.15) is 6.26 Å². The minimum absolute atomic E-state index is 0.0308. The molecule has 0 unspecified atom stereocenters. The minimum Gasteiger partial charge on any atom is -0.477 e.